The summed E-state index contributed by atoms with van der Waals surface area (Å²) in [5.74, 6) is 0.237. The van der Waals surface area contributed by atoms with Crippen LogP contribution in [0.3, 0.4) is 0 Å². The summed E-state index contributed by atoms with van der Waals surface area (Å²) in [7, 11) is 0. The van der Waals surface area contributed by atoms with Crippen LogP contribution in [0.2, 0.25) is 0 Å². The van der Waals surface area contributed by atoms with Crippen LogP contribution in [-0.4, -0.2) is 5.78 Å². The molecule has 0 aliphatic heterocycles. The number of ketones is 1. The maximum absolute atomic E-state index is 12.3. The lowest BCUT2D eigenvalue weighted by atomic mass is 9.87. The highest BCUT2D eigenvalue weighted by molar-refractivity contribution is 6.09. The number of benzene rings is 1. The van der Waals surface area contributed by atoms with E-state index in [0.717, 1.165) is 36.0 Å². The van der Waals surface area contributed by atoms with Crippen molar-refractivity contribution < 1.29 is 4.79 Å². The van der Waals surface area contributed by atoms with Crippen molar-refractivity contribution >= 4 is 5.78 Å². The quantitative estimate of drug-likeness (QED) is 0.678. The smallest absolute Gasteiger partial charge is 0.188 e. The molecule has 0 heterocycles. The fourth-order valence-corrected chi connectivity index (χ4v) is 2.32. The van der Waals surface area contributed by atoms with E-state index >= 15 is 0 Å². The van der Waals surface area contributed by atoms with Gasteiger partial charge in [0.1, 0.15) is 0 Å². The summed E-state index contributed by atoms with van der Waals surface area (Å²) in [6.07, 6.45) is 4.44. The van der Waals surface area contributed by atoms with Gasteiger partial charge in [-0.15, -0.1) is 0 Å². The second kappa shape index (κ2) is 4.65. The SMILES string of the molecule is CC1=C(C(=O)c2cccc(C)c2)CCCC1. The van der Waals surface area contributed by atoms with Crippen LogP contribution in [0.25, 0.3) is 0 Å². The van der Waals surface area contributed by atoms with Gasteiger partial charge in [0.15, 0.2) is 5.78 Å². The Kier molecular flexibility index (Phi) is 3.23. The second-order valence-corrected chi connectivity index (χ2v) is 4.66. The lowest BCUT2D eigenvalue weighted by Crippen LogP contribution is -2.09. The summed E-state index contributed by atoms with van der Waals surface area (Å²) in [4.78, 5) is 12.3. The van der Waals surface area contributed by atoms with Crippen LogP contribution in [-0.2, 0) is 0 Å². The van der Waals surface area contributed by atoms with Gasteiger partial charge in [0.2, 0.25) is 0 Å². The highest BCUT2D eigenvalue weighted by atomic mass is 16.1. The fourth-order valence-electron chi connectivity index (χ4n) is 2.32. The van der Waals surface area contributed by atoms with Crippen LogP contribution in [0, 0.1) is 6.92 Å². The summed E-state index contributed by atoms with van der Waals surface area (Å²) in [6, 6.07) is 7.89. The number of carbonyl (C=O) groups is 1. The molecule has 0 saturated carbocycles. The Balaban J connectivity index is 2.32. The number of hydrogen-bond acceptors (Lipinski definition) is 1. The van der Waals surface area contributed by atoms with Crippen LogP contribution in [0.15, 0.2) is 35.4 Å². The lowest BCUT2D eigenvalue weighted by Gasteiger charge is -2.16. The molecular formula is C15H18O. The number of carbonyl (C=O) groups excluding carboxylic acids is 1. The monoisotopic (exact) mass is 214 g/mol. The van der Waals surface area contributed by atoms with Gasteiger partial charge in [-0.1, -0.05) is 29.3 Å². The molecule has 0 bridgehead atoms. The van der Waals surface area contributed by atoms with E-state index in [0.29, 0.717) is 0 Å². The zero-order chi connectivity index (χ0) is 11.5. The molecule has 84 valence electrons. The van der Waals surface area contributed by atoms with Crippen molar-refractivity contribution in [3.05, 3.63) is 46.5 Å². The fraction of sp³-hybridized carbons (Fsp3) is 0.400. The largest absolute Gasteiger partial charge is 0.289 e. The van der Waals surface area contributed by atoms with E-state index in [1.807, 2.05) is 31.2 Å². The predicted molar refractivity (Wildman–Crippen MR) is 66.7 cm³/mol. The van der Waals surface area contributed by atoms with Gasteiger partial charge in [0, 0.05) is 5.56 Å². The third-order valence-corrected chi connectivity index (χ3v) is 3.30. The first-order valence-corrected chi connectivity index (χ1v) is 5.98. The van der Waals surface area contributed by atoms with Crippen molar-refractivity contribution in [3.8, 4) is 0 Å². The van der Waals surface area contributed by atoms with Gasteiger partial charge in [-0.25, -0.2) is 0 Å². The average molecular weight is 214 g/mol. The Morgan fingerprint density at radius 3 is 2.56 bits per heavy atom. The summed E-state index contributed by atoms with van der Waals surface area (Å²) in [5.41, 5.74) is 4.34. The van der Waals surface area contributed by atoms with Crippen LogP contribution in [0.5, 0.6) is 0 Å². The first kappa shape index (κ1) is 11.1. The van der Waals surface area contributed by atoms with Crippen LogP contribution < -0.4 is 0 Å². The van der Waals surface area contributed by atoms with Crippen molar-refractivity contribution in [2.45, 2.75) is 39.5 Å². The van der Waals surface area contributed by atoms with E-state index < -0.39 is 0 Å². The van der Waals surface area contributed by atoms with Crippen LogP contribution >= 0.6 is 0 Å². The molecule has 1 heteroatoms. The topological polar surface area (TPSA) is 17.1 Å². The summed E-state index contributed by atoms with van der Waals surface area (Å²) < 4.78 is 0. The molecule has 0 fully saturated rings. The Hall–Kier alpha value is -1.37. The minimum absolute atomic E-state index is 0.237. The molecule has 0 unspecified atom stereocenters. The minimum Gasteiger partial charge on any atom is -0.289 e. The number of allylic oxidation sites excluding steroid dienone is 2. The van der Waals surface area contributed by atoms with Crippen LogP contribution in [0.1, 0.15) is 48.5 Å². The Labute approximate surface area is 97.2 Å². The zero-order valence-corrected chi connectivity index (χ0v) is 10.0. The molecule has 0 spiro atoms. The molecule has 1 aliphatic rings. The molecule has 2 rings (SSSR count). The molecule has 0 N–H and O–H groups in total. The first-order chi connectivity index (χ1) is 7.68. The number of aryl methyl sites for hydroxylation is 1. The molecule has 0 radical (unpaired) electrons. The van der Waals surface area contributed by atoms with Gasteiger partial charge in [-0.2, -0.15) is 0 Å². The normalized spacial score (nSPS) is 16.4. The number of hydrogen-bond donors (Lipinski definition) is 0. The molecule has 16 heavy (non-hydrogen) atoms. The zero-order valence-electron chi connectivity index (χ0n) is 10.0. The minimum atomic E-state index is 0.237. The van der Waals surface area contributed by atoms with E-state index in [1.165, 1.54) is 12.0 Å². The molecule has 0 atom stereocenters. The third kappa shape index (κ3) is 2.24. The van der Waals surface area contributed by atoms with Gasteiger partial charge in [0.25, 0.3) is 0 Å². The molecule has 0 saturated heterocycles. The summed E-state index contributed by atoms with van der Waals surface area (Å²) in [5, 5.41) is 0. The molecule has 1 aromatic rings. The van der Waals surface area contributed by atoms with Crippen molar-refractivity contribution in [2.24, 2.45) is 0 Å². The maximum atomic E-state index is 12.3. The van der Waals surface area contributed by atoms with E-state index in [-0.39, 0.29) is 5.78 Å². The Morgan fingerprint density at radius 2 is 1.88 bits per heavy atom. The van der Waals surface area contributed by atoms with Gasteiger partial charge >= 0.3 is 0 Å². The maximum Gasteiger partial charge on any atom is 0.188 e. The van der Waals surface area contributed by atoms with Crippen LogP contribution in [0.4, 0.5) is 0 Å². The highest BCUT2D eigenvalue weighted by Gasteiger charge is 2.17. The summed E-state index contributed by atoms with van der Waals surface area (Å²) in [6.45, 7) is 4.13. The Morgan fingerprint density at radius 1 is 1.12 bits per heavy atom. The van der Waals surface area contributed by atoms with Crippen molar-refractivity contribution in [3.63, 3.8) is 0 Å². The molecule has 0 amide bonds. The highest BCUT2D eigenvalue weighted by Crippen LogP contribution is 2.27. The van der Waals surface area contributed by atoms with Gasteiger partial charge in [-0.05, 0) is 51.2 Å². The van der Waals surface area contributed by atoms with E-state index in [1.54, 1.807) is 0 Å². The average Bonchev–Trinajstić information content (AvgIpc) is 2.29. The second-order valence-electron chi connectivity index (χ2n) is 4.66. The van der Waals surface area contributed by atoms with E-state index in [9.17, 15) is 4.79 Å². The Bertz CT molecular complexity index is 441. The lowest BCUT2D eigenvalue weighted by molar-refractivity contribution is 0.102. The number of Topliss-reactive ketones (excluding diaryl/α,β-unsaturated/α-hetero) is 1. The van der Waals surface area contributed by atoms with E-state index in [4.69, 9.17) is 0 Å². The molecule has 1 aromatic carbocycles. The van der Waals surface area contributed by atoms with Gasteiger partial charge < -0.3 is 0 Å². The molecule has 1 nitrogen and oxygen atoms in total. The number of rotatable bonds is 2. The molecular weight excluding hydrogens is 196 g/mol. The first-order valence-electron chi connectivity index (χ1n) is 5.98. The standard InChI is InChI=1S/C15H18O/c1-11-6-5-8-13(10-11)15(16)14-9-4-3-7-12(14)2/h5-6,8,10H,3-4,7,9H2,1-2H3. The summed E-state index contributed by atoms with van der Waals surface area (Å²) >= 11 is 0. The van der Waals surface area contributed by atoms with Crippen molar-refractivity contribution in [1.29, 1.82) is 0 Å². The van der Waals surface area contributed by atoms with E-state index in [2.05, 4.69) is 6.92 Å². The predicted octanol–water partition coefficient (Wildman–Crippen LogP) is 4.07. The third-order valence-electron chi connectivity index (χ3n) is 3.30. The van der Waals surface area contributed by atoms with Crippen molar-refractivity contribution in [1.82, 2.24) is 0 Å². The molecule has 0 aromatic heterocycles. The van der Waals surface area contributed by atoms with Gasteiger partial charge in [0.05, 0.1) is 0 Å². The van der Waals surface area contributed by atoms with Crippen molar-refractivity contribution in [2.75, 3.05) is 0 Å². The van der Waals surface area contributed by atoms with Gasteiger partial charge in [-0.3, -0.25) is 4.79 Å². The molecule has 1 aliphatic carbocycles.